The highest BCUT2D eigenvalue weighted by Crippen LogP contribution is 2.29. The van der Waals surface area contributed by atoms with Crippen molar-refractivity contribution in [2.75, 3.05) is 0 Å². The van der Waals surface area contributed by atoms with Gasteiger partial charge < -0.3 is 4.74 Å². The number of rotatable bonds is 26. The first-order chi connectivity index (χ1) is 17.0. The fourth-order valence-electron chi connectivity index (χ4n) is 4.85. The SMILES string of the molecule is C=C[C@](CCC=C(C)C)(CCCCCCCCCCCC)OC(=O)CCCCCCCCCCC. The molecule has 0 aromatic carbocycles. The van der Waals surface area contributed by atoms with Crippen LogP contribution in [-0.4, -0.2) is 11.6 Å². The molecule has 2 nitrogen and oxygen atoms in total. The summed E-state index contributed by atoms with van der Waals surface area (Å²) in [5, 5.41) is 0. The molecule has 0 fully saturated rings. The normalized spacial score (nSPS) is 12.8. The van der Waals surface area contributed by atoms with Crippen LogP contribution in [0.15, 0.2) is 24.3 Å². The highest BCUT2D eigenvalue weighted by atomic mass is 16.6. The Balaban J connectivity index is 4.31. The Morgan fingerprint density at radius 3 is 1.51 bits per heavy atom. The van der Waals surface area contributed by atoms with Crippen LogP contribution in [0.25, 0.3) is 0 Å². The number of carbonyl (C=O) groups excluding carboxylic acids is 1. The Morgan fingerprint density at radius 1 is 0.657 bits per heavy atom. The van der Waals surface area contributed by atoms with E-state index in [4.69, 9.17) is 4.74 Å². The maximum atomic E-state index is 12.7. The average molecular weight is 491 g/mol. The lowest BCUT2D eigenvalue weighted by Gasteiger charge is -2.30. The van der Waals surface area contributed by atoms with E-state index in [0.717, 1.165) is 38.5 Å². The first-order valence-electron chi connectivity index (χ1n) is 15.5. The first-order valence-corrected chi connectivity index (χ1v) is 15.5. The molecule has 0 bridgehead atoms. The zero-order valence-corrected chi connectivity index (χ0v) is 24.4. The Morgan fingerprint density at radius 2 is 1.09 bits per heavy atom. The third-order valence-corrected chi connectivity index (χ3v) is 7.25. The fourth-order valence-corrected chi connectivity index (χ4v) is 4.85. The van der Waals surface area contributed by atoms with Gasteiger partial charge in [0.1, 0.15) is 5.60 Å². The second-order valence-corrected chi connectivity index (χ2v) is 11.1. The van der Waals surface area contributed by atoms with Crippen molar-refractivity contribution in [1.82, 2.24) is 0 Å². The van der Waals surface area contributed by atoms with E-state index in [2.05, 4.69) is 40.3 Å². The van der Waals surface area contributed by atoms with E-state index in [1.807, 2.05) is 6.08 Å². The van der Waals surface area contributed by atoms with Crippen molar-refractivity contribution in [1.29, 1.82) is 0 Å². The van der Waals surface area contributed by atoms with Gasteiger partial charge in [0.25, 0.3) is 0 Å². The van der Waals surface area contributed by atoms with Crippen LogP contribution in [0.5, 0.6) is 0 Å². The Labute approximate surface area is 220 Å². The molecule has 1 atom stereocenters. The summed E-state index contributed by atoms with van der Waals surface area (Å²) >= 11 is 0. The van der Waals surface area contributed by atoms with Gasteiger partial charge in [0, 0.05) is 6.42 Å². The Bertz CT molecular complexity index is 517. The minimum absolute atomic E-state index is 0.0304. The molecule has 0 radical (unpaired) electrons. The van der Waals surface area contributed by atoms with E-state index in [9.17, 15) is 4.79 Å². The predicted octanol–water partition coefficient (Wildman–Crippen LogP) is 11.4. The molecule has 0 aliphatic carbocycles. The standard InChI is InChI=1S/C33H62O2/c1-6-9-11-13-15-17-19-21-23-25-29-33(8-3,30-26-27-31(4)5)35-32(34)28-24-22-20-18-16-14-12-10-7-2/h8,27H,3,6-7,9-26,28-30H2,1-2,4-5H3/t33-/m1/s1. The van der Waals surface area contributed by atoms with Crippen molar-refractivity contribution >= 4 is 5.97 Å². The molecular formula is C33H62O2. The summed E-state index contributed by atoms with van der Waals surface area (Å²) in [7, 11) is 0. The molecule has 35 heavy (non-hydrogen) atoms. The van der Waals surface area contributed by atoms with Crippen LogP contribution in [0.3, 0.4) is 0 Å². The number of unbranched alkanes of at least 4 members (excludes halogenated alkanes) is 17. The molecule has 0 aliphatic rings. The van der Waals surface area contributed by atoms with E-state index < -0.39 is 5.60 Å². The molecule has 0 rings (SSSR count). The van der Waals surface area contributed by atoms with E-state index >= 15 is 0 Å². The number of carbonyl (C=O) groups is 1. The smallest absolute Gasteiger partial charge is 0.306 e. The van der Waals surface area contributed by atoms with Crippen LogP contribution in [0.2, 0.25) is 0 Å². The largest absolute Gasteiger partial charge is 0.455 e. The number of hydrogen-bond donors (Lipinski definition) is 0. The van der Waals surface area contributed by atoms with Crippen molar-refractivity contribution in [3.05, 3.63) is 24.3 Å². The number of allylic oxidation sites excluding steroid dienone is 2. The summed E-state index contributed by atoms with van der Waals surface area (Å²) < 4.78 is 6.14. The molecule has 0 aromatic heterocycles. The summed E-state index contributed by atoms with van der Waals surface area (Å²) in [5.41, 5.74) is 0.825. The highest BCUT2D eigenvalue weighted by Gasteiger charge is 2.29. The van der Waals surface area contributed by atoms with E-state index in [1.165, 1.54) is 108 Å². The summed E-state index contributed by atoms with van der Waals surface area (Å²) in [6.45, 7) is 12.9. The van der Waals surface area contributed by atoms with Crippen molar-refractivity contribution in [3.8, 4) is 0 Å². The highest BCUT2D eigenvalue weighted by molar-refractivity contribution is 5.70. The molecule has 0 aliphatic heterocycles. The average Bonchev–Trinajstić information content (AvgIpc) is 2.83. The minimum atomic E-state index is -0.498. The molecule has 206 valence electrons. The molecule has 0 heterocycles. The third-order valence-electron chi connectivity index (χ3n) is 7.25. The monoisotopic (exact) mass is 490 g/mol. The minimum Gasteiger partial charge on any atom is -0.455 e. The van der Waals surface area contributed by atoms with Gasteiger partial charge in [-0.25, -0.2) is 0 Å². The second-order valence-electron chi connectivity index (χ2n) is 11.1. The second kappa shape index (κ2) is 24.6. The summed E-state index contributed by atoms with van der Waals surface area (Å²) in [4.78, 5) is 12.7. The van der Waals surface area contributed by atoms with Crippen molar-refractivity contribution < 1.29 is 9.53 Å². The molecule has 0 amide bonds. The molecule has 0 N–H and O–H groups in total. The maximum Gasteiger partial charge on any atom is 0.306 e. The van der Waals surface area contributed by atoms with Crippen molar-refractivity contribution in [3.63, 3.8) is 0 Å². The van der Waals surface area contributed by atoms with E-state index in [-0.39, 0.29) is 5.97 Å². The molecular weight excluding hydrogens is 428 g/mol. The van der Waals surface area contributed by atoms with Gasteiger partial charge in [-0.15, -0.1) is 0 Å². The zero-order valence-electron chi connectivity index (χ0n) is 24.4. The van der Waals surface area contributed by atoms with Gasteiger partial charge in [0.05, 0.1) is 0 Å². The fraction of sp³-hybridized carbons (Fsp3) is 0.848. The van der Waals surface area contributed by atoms with Gasteiger partial charge in [-0.1, -0.05) is 141 Å². The summed E-state index contributed by atoms with van der Waals surface area (Å²) in [5.74, 6) is -0.0304. The van der Waals surface area contributed by atoms with Crippen LogP contribution < -0.4 is 0 Å². The third kappa shape index (κ3) is 21.9. The quantitative estimate of drug-likeness (QED) is 0.0684. The summed E-state index contributed by atoms with van der Waals surface area (Å²) in [6, 6.07) is 0. The van der Waals surface area contributed by atoms with Gasteiger partial charge in [-0.2, -0.15) is 0 Å². The molecule has 0 unspecified atom stereocenters. The van der Waals surface area contributed by atoms with Gasteiger partial charge in [0.2, 0.25) is 0 Å². The maximum absolute atomic E-state index is 12.7. The number of esters is 1. The Hall–Kier alpha value is -1.05. The summed E-state index contributed by atoms with van der Waals surface area (Å²) in [6.07, 6.45) is 32.0. The molecule has 0 saturated carbocycles. The predicted molar refractivity (Wildman–Crippen MR) is 156 cm³/mol. The van der Waals surface area contributed by atoms with Crippen LogP contribution in [0, 0.1) is 0 Å². The lowest BCUT2D eigenvalue weighted by atomic mass is 9.90. The van der Waals surface area contributed by atoms with Crippen LogP contribution >= 0.6 is 0 Å². The van der Waals surface area contributed by atoms with Gasteiger partial charge in [-0.05, 0) is 52.0 Å². The molecule has 0 spiro atoms. The van der Waals surface area contributed by atoms with E-state index in [1.54, 1.807) is 0 Å². The molecule has 0 saturated heterocycles. The van der Waals surface area contributed by atoms with Crippen molar-refractivity contribution in [2.45, 2.75) is 181 Å². The van der Waals surface area contributed by atoms with Gasteiger partial charge in [-0.3, -0.25) is 4.79 Å². The Kier molecular flexibility index (Phi) is 23.9. The van der Waals surface area contributed by atoms with Crippen molar-refractivity contribution in [2.24, 2.45) is 0 Å². The number of hydrogen-bond acceptors (Lipinski definition) is 2. The molecule has 2 heteroatoms. The van der Waals surface area contributed by atoms with Crippen LogP contribution in [-0.2, 0) is 9.53 Å². The van der Waals surface area contributed by atoms with Gasteiger partial charge >= 0.3 is 5.97 Å². The lowest BCUT2D eigenvalue weighted by Crippen LogP contribution is -2.33. The van der Waals surface area contributed by atoms with E-state index in [0.29, 0.717) is 6.42 Å². The zero-order chi connectivity index (χ0) is 26.0. The first kappa shape index (κ1) is 34.0. The van der Waals surface area contributed by atoms with Crippen LogP contribution in [0.4, 0.5) is 0 Å². The number of ether oxygens (including phenoxy) is 1. The molecule has 0 aromatic rings. The van der Waals surface area contributed by atoms with Crippen LogP contribution in [0.1, 0.15) is 175 Å². The lowest BCUT2D eigenvalue weighted by molar-refractivity contribution is -0.156. The van der Waals surface area contributed by atoms with Gasteiger partial charge in [0.15, 0.2) is 0 Å². The topological polar surface area (TPSA) is 26.3 Å².